The molecular formula is C25H35N7O8. The number of hydrogen-bond acceptors (Lipinski definition) is 8. The smallest absolute Gasteiger partial charge is 0.326 e. The predicted molar refractivity (Wildman–Crippen MR) is 142 cm³/mol. The van der Waals surface area contributed by atoms with Crippen molar-refractivity contribution in [2.45, 2.75) is 62.7 Å². The molecule has 0 aliphatic carbocycles. The van der Waals surface area contributed by atoms with Crippen molar-refractivity contribution in [3.63, 3.8) is 0 Å². The van der Waals surface area contributed by atoms with Crippen LogP contribution in [0.4, 0.5) is 0 Å². The van der Waals surface area contributed by atoms with Crippen LogP contribution in [-0.4, -0.2) is 81.5 Å². The lowest BCUT2D eigenvalue weighted by atomic mass is 10.0. The van der Waals surface area contributed by atoms with E-state index in [1.54, 1.807) is 12.3 Å². The Balaban J connectivity index is 2.19. The zero-order chi connectivity index (χ0) is 29.8. The van der Waals surface area contributed by atoms with Crippen LogP contribution in [-0.2, 0) is 35.2 Å². The largest absolute Gasteiger partial charge is 0.481 e. The minimum Gasteiger partial charge on any atom is -0.481 e. The van der Waals surface area contributed by atoms with Gasteiger partial charge in [0.15, 0.2) is 0 Å². The van der Waals surface area contributed by atoms with Gasteiger partial charge in [-0.25, -0.2) is 4.79 Å². The number of carboxylic acids is 2. The number of primary amides is 1. The molecule has 15 nitrogen and oxygen atoms in total. The molecule has 1 heterocycles. The van der Waals surface area contributed by atoms with Crippen LogP contribution in [0, 0.1) is 0 Å². The molecule has 2 rings (SSSR count). The molecule has 40 heavy (non-hydrogen) atoms. The molecule has 15 heteroatoms. The Morgan fingerprint density at radius 1 is 0.850 bits per heavy atom. The number of aromatic nitrogens is 1. The van der Waals surface area contributed by atoms with Gasteiger partial charge in [-0.1, -0.05) is 18.2 Å². The third-order valence-electron chi connectivity index (χ3n) is 6.06. The molecular weight excluding hydrogens is 526 g/mol. The molecule has 0 saturated heterocycles. The lowest BCUT2D eigenvalue weighted by molar-refractivity contribution is -0.142. The van der Waals surface area contributed by atoms with Gasteiger partial charge in [-0.3, -0.25) is 24.0 Å². The van der Waals surface area contributed by atoms with Crippen molar-refractivity contribution in [1.29, 1.82) is 0 Å². The normalized spacial score (nSPS) is 13.9. The summed E-state index contributed by atoms with van der Waals surface area (Å²) >= 11 is 0. The molecule has 218 valence electrons. The number of para-hydroxylation sites is 1. The van der Waals surface area contributed by atoms with Crippen molar-refractivity contribution in [3.05, 3.63) is 36.0 Å². The Morgan fingerprint density at radius 3 is 2.10 bits per heavy atom. The highest BCUT2D eigenvalue weighted by Gasteiger charge is 2.31. The van der Waals surface area contributed by atoms with E-state index in [1.165, 1.54) is 0 Å². The van der Waals surface area contributed by atoms with Crippen LogP contribution in [0.2, 0.25) is 0 Å². The van der Waals surface area contributed by atoms with Crippen molar-refractivity contribution < 1.29 is 39.0 Å². The van der Waals surface area contributed by atoms with E-state index in [2.05, 4.69) is 20.9 Å². The van der Waals surface area contributed by atoms with Crippen molar-refractivity contribution in [2.24, 2.45) is 17.2 Å². The minimum absolute atomic E-state index is 0.0453. The number of carbonyl (C=O) groups excluding carboxylic acids is 4. The van der Waals surface area contributed by atoms with E-state index in [4.69, 9.17) is 22.3 Å². The summed E-state index contributed by atoms with van der Waals surface area (Å²) in [5.41, 5.74) is 17.7. The molecule has 0 bridgehead atoms. The van der Waals surface area contributed by atoms with Crippen molar-refractivity contribution in [1.82, 2.24) is 20.9 Å². The number of unbranched alkanes of at least 4 members (excludes halogenated alkanes) is 1. The van der Waals surface area contributed by atoms with Crippen molar-refractivity contribution in [2.75, 3.05) is 6.54 Å². The van der Waals surface area contributed by atoms with Crippen LogP contribution in [0.5, 0.6) is 0 Å². The first kappa shape index (κ1) is 31.7. The van der Waals surface area contributed by atoms with E-state index in [9.17, 15) is 33.9 Å². The van der Waals surface area contributed by atoms with Gasteiger partial charge < -0.3 is 48.3 Å². The molecule has 2 aromatic rings. The molecule has 4 atom stereocenters. The second-order valence-electron chi connectivity index (χ2n) is 9.24. The highest BCUT2D eigenvalue weighted by atomic mass is 16.4. The van der Waals surface area contributed by atoms with Gasteiger partial charge in [-0.2, -0.15) is 0 Å². The van der Waals surface area contributed by atoms with Gasteiger partial charge in [-0.05, 0) is 37.4 Å². The predicted octanol–water partition coefficient (Wildman–Crippen LogP) is -1.94. The van der Waals surface area contributed by atoms with E-state index < -0.39 is 72.6 Å². The quantitative estimate of drug-likeness (QED) is 0.0963. The number of benzene rings is 1. The molecule has 0 radical (unpaired) electrons. The summed E-state index contributed by atoms with van der Waals surface area (Å²) in [6.45, 7) is 0.308. The van der Waals surface area contributed by atoms with Crippen LogP contribution in [0.1, 0.15) is 37.7 Å². The highest BCUT2D eigenvalue weighted by molar-refractivity contribution is 5.96. The SMILES string of the molecule is NCCCCC(NC(=O)C(CC(N)=O)NC(=O)C(N)CC(=O)O)C(=O)NC(Cc1c[nH]c2ccccc12)C(=O)O. The first-order chi connectivity index (χ1) is 18.9. The first-order valence-electron chi connectivity index (χ1n) is 12.6. The van der Waals surface area contributed by atoms with Crippen molar-refractivity contribution in [3.8, 4) is 0 Å². The Kier molecular flexibility index (Phi) is 12.0. The maximum Gasteiger partial charge on any atom is 0.326 e. The third kappa shape index (κ3) is 9.67. The number of rotatable bonds is 17. The number of nitrogens with two attached hydrogens (primary N) is 3. The zero-order valence-electron chi connectivity index (χ0n) is 21.7. The van der Waals surface area contributed by atoms with Gasteiger partial charge in [-0.15, -0.1) is 0 Å². The second-order valence-corrected chi connectivity index (χ2v) is 9.24. The minimum atomic E-state index is -1.56. The number of hydrogen-bond donors (Lipinski definition) is 9. The topological polar surface area (TPSA) is 273 Å². The molecule has 12 N–H and O–H groups in total. The average Bonchev–Trinajstić information content (AvgIpc) is 3.29. The number of carboxylic acid groups (broad SMARTS) is 2. The van der Waals surface area contributed by atoms with Gasteiger partial charge >= 0.3 is 11.9 Å². The highest BCUT2D eigenvalue weighted by Crippen LogP contribution is 2.19. The number of H-pyrrole nitrogens is 1. The number of aliphatic carboxylic acids is 2. The Bertz CT molecular complexity index is 1230. The van der Waals surface area contributed by atoms with Crippen molar-refractivity contribution >= 4 is 46.5 Å². The van der Waals surface area contributed by atoms with E-state index in [-0.39, 0.29) is 12.8 Å². The molecule has 0 saturated carbocycles. The van der Waals surface area contributed by atoms with Crippen LogP contribution >= 0.6 is 0 Å². The van der Waals surface area contributed by atoms with Crippen LogP contribution in [0.15, 0.2) is 30.5 Å². The molecule has 4 unspecified atom stereocenters. The van der Waals surface area contributed by atoms with E-state index in [0.29, 0.717) is 24.9 Å². The fourth-order valence-corrected chi connectivity index (χ4v) is 4.00. The lowest BCUT2D eigenvalue weighted by Gasteiger charge is -2.24. The lowest BCUT2D eigenvalue weighted by Crippen LogP contribution is -2.58. The molecule has 1 aromatic carbocycles. The summed E-state index contributed by atoms with van der Waals surface area (Å²) in [6.07, 6.45) is 1.19. The monoisotopic (exact) mass is 561 g/mol. The number of carbonyl (C=O) groups is 6. The van der Waals surface area contributed by atoms with Crippen LogP contribution in [0.3, 0.4) is 0 Å². The van der Waals surface area contributed by atoms with Gasteiger partial charge in [0, 0.05) is 23.5 Å². The second kappa shape index (κ2) is 15.2. The van der Waals surface area contributed by atoms with Crippen LogP contribution < -0.4 is 33.2 Å². The number of nitrogens with one attached hydrogen (secondary N) is 4. The maximum atomic E-state index is 13.2. The van der Waals surface area contributed by atoms with Gasteiger partial charge in [0.25, 0.3) is 0 Å². The van der Waals surface area contributed by atoms with E-state index in [0.717, 1.165) is 10.9 Å². The van der Waals surface area contributed by atoms with Gasteiger partial charge in [0.05, 0.1) is 18.9 Å². The summed E-state index contributed by atoms with van der Waals surface area (Å²) in [4.78, 5) is 75.9. The van der Waals surface area contributed by atoms with Gasteiger partial charge in [0.2, 0.25) is 23.6 Å². The third-order valence-corrected chi connectivity index (χ3v) is 6.06. The van der Waals surface area contributed by atoms with Gasteiger partial charge in [0.1, 0.15) is 18.1 Å². The zero-order valence-corrected chi connectivity index (χ0v) is 21.7. The molecule has 0 fully saturated rings. The average molecular weight is 562 g/mol. The number of amides is 4. The summed E-state index contributed by atoms with van der Waals surface area (Å²) < 4.78 is 0. The summed E-state index contributed by atoms with van der Waals surface area (Å²) in [5.74, 6) is -6.39. The maximum absolute atomic E-state index is 13.2. The molecule has 0 aliphatic rings. The fraction of sp³-hybridized carbons (Fsp3) is 0.440. The van der Waals surface area contributed by atoms with Crippen LogP contribution in [0.25, 0.3) is 10.9 Å². The molecule has 1 aromatic heterocycles. The summed E-state index contributed by atoms with van der Waals surface area (Å²) in [7, 11) is 0. The van der Waals surface area contributed by atoms with E-state index >= 15 is 0 Å². The Hall–Kier alpha value is -4.50. The first-order valence-corrected chi connectivity index (χ1v) is 12.6. The number of aromatic amines is 1. The van der Waals surface area contributed by atoms with E-state index in [1.807, 2.05) is 18.2 Å². The Morgan fingerprint density at radius 2 is 1.48 bits per heavy atom. The standard InChI is InChI=1S/C25H35N7O8/c26-8-4-3-7-17(30-24(38)18(11-20(28)33)31-22(36)15(27)10-21(34)35)23(37)32-19(25(39)40)9-13-12-29-16-6-2-1-5-14(13)16/h1-2,5-6,12,15,17-19,29H,3-4,7-11,26-27H2,(H2,28,33)(H,30,38)(H,31,36)(H,32,37)(H,34,35)(H,39,40). The Labute approximate surface area is 229 Å². The summed E-state index contributed by atoms with van der Waals surface area (Å²) in [5, 5.41) is 26.5. The molecule has 4 amide bonds. The number of fused-ring (bicyclic) bond motifs is 1. The molecule has 0 aliphatic heterocycles. The summed E-state index contributed by atoms with van der Waals surface area (Å²) in [6, 6.07) is 1.61. The fourth-order valence-electron chi connectivity index (χ4n) is 4.00. The molecule has 0 spiro atoms.